The van der Waals surface area contributed by atoms with Crippen molar-refractivity contribution in [2.24, 2.45) is 0 Å². The molecule has 0 radical (unpaired) electrons. The number of ether oxygens (including phenoxy) is 1. The number of imide groups is 1. The average molecular weight is 319 g/mol. The maximum atomic E-state index is 12.8. The van der Waals surface area contributed by atoms with Crippen molar-refractivity contribution < 1.29 is 14.3 Å². The van der Waals surface area contributed by atoms with E-state index in [1.807, 2.05) is 38.1 Å². The zero-order chi connectivity index (χ0) is 16.1. The van der Waals surface area contributed by atoms with Gasteiger partial charge in [0.05, 0.1) is 17.6 Å². The summed E-state index contributed by atoms with van der Waals surface area (Å²) in [6.45, 7) is 4.49. The molecule has 0 unspecified atom stereocenters. The van der Waals surface area contributed by atoms with Gasteiger partial charge in [-0.25, -0.2) is 0 Å². The summed E-state index contributed by atoms with van der Waals surface area (Å²) in [5, 5.41) is 0. The van der Waals surface area contributed by atoms with Gasteiger partial charge in [0.1, 0.15) is 5.75 Å². The van der Waals surface area contributed by atoms with Crippen molar-refractivity contribution in [2.75, 3.05) is 19.4 Å². The molecule has 1 aromatic carbocycles. The molecular formula is C17H21NO3S. The Morgan fingerprint density at radius 1 is 1.14 bits per heavy atom. The molecule has 0 aromatic heterocycles. The zero-order valence-electron chi connectivity index (χ0n) is 13.2. The van der Waals surface area contributed by atoms with Crippen LogP contribution in [-0.2, 0) is 9.59 Å². The van der Waals surface area contributed by atoms with Crippen LogP contribution in [0.3, 0.4) is 0 Å². The summed E-state index contributed by atoms with van der Waals surface area (Å²) in [7, 11) is 1.57. The van der Waals surface area contributed by atoms with Crippen LogP contribution in [0.5, 0.6) is 5.75 Å². The molecule has 5 heteroatoms. The number of nitrogens with zero attached hydrogens (tertiary/aromatic N) is 1. The van der Waals surface area contributed by atoms with E-state index in [9.17, 15) is 9.59 Å². The fraction of sp³-hybridized carbons (Fsp3) is 0.412. The van der Waals surface area contributed by atoms with E-state index in [1.54, 1.807) is 7.11 Å². The monoisotopic (exact) mass is 319 g/mol. The number of para-hydroxylation sites is 1. The van der Waals surface area contributed by atoms with Crippen molar-refractivity contribution >= 4 is 29.1 Å². The van der Waals surface area contributed by atoms with E-state index in [-0.39, 0.29) is 11.8 Å². The van der Waals surface area contributed by atoms with E-state index in [0.29, 0.717) is 28.3 Å². The summed E-state index contributed by atoms with van der Waals surface area (Å²) in [5.41, 5.74) is 1.17. The third-order valence-electron chi connectivity index (χ3n) is 3.53. The Balaban J connectivity index is 2.48. The standard InChI is InChI=1S/C17H21NO3S/c1-4-6-11-18-16(19)14(15(17(18)20)22-5-2)12-9-7-8-10-13(12)21-3/h7-10H,4-6,11H2,1-3H3. The average Bonchev–Trinajstić information content (AvgIpc) is 2.76. The maximum Gasteiger partial charge on any atom is 0.267 e. The minimum Gasteiger partial charge on any atom is -0.496 e. The van der Waals surface area contributed by atoms with E-state index in [0.717, 1.165) is 18.6 Å². The molecule has 1 heterocycles. The van der Waals surface area contributed by atoms with Gasteiger partial charge in [-0.2, -0.15) is 0 Å². The second-order valence-electron chi connectivity index (χ2n) is 4.95. The number of hydrogen-bond acceptors (Lipinski definition) is 4. The van der Waals surface area contributed by atoms with Crippen molar-refractivity contribution in [3.05, 3.63) is 34.7 Å². The lowest BCUT2D eigenvalue weighted by atomic mass is 10.1. The smallest absolute Gasteiger partial charge is 0.267 e. The molecular weight excluding hydrogens is 298 g/mol. The predicted molar refractivity (Wildman–Crippen MR) is 89.7 cm³/mol. The Kier molecular flexibility index (Phi) is 5.66. The van der Waals surface area contributed by atoms with Gasteiger partial charge in [0, 0.05) is 12.1 Å². The van der Waals surface area contributed by atoms with Crippen LogP contribution < -0.4 is 4.74 Å². The molecule has 0 spiro atoms. The van der Waals surface area contributed by atoms with Crippen molar-refractivity contribution in [3.8, 4) is 5.75 Å². The Bertz CT molecular complexity index is 610. The van der Waals surface area contributed by atoms with E-state index >= 15 is 0 Å². The first-order chi connectivity index (χ1) is 10.7. The van der Waals surface area contributed by atoms with Crippen LogP contribution in [0.1, 0.15) is 32.3 Å². The summed E-state index contributed by atoms with van der Waals surface area (Å²) in [6, 6.07) is 7.35. The Labute approximate surface area is 135 Å². The number of amides is 2. The fourth-order valence-electron chi connectivity index (χ4n) is 2.44. The van der Waals surface area contributed by atoms with Crippen molar-refractivity contribution in [3.63, 3.8) is 0 Å². The van der Waals surface area contributed by atoms with Crippen LogP contribution in [0.2, 0.25) is 0 Å². The molecule has 0 fully saturated rings. The Hall–Kier alpha value is -1.75. The van der Waals surface area contributed by atoms with Gasteiger partial charge in [-0.1, -0.05) is 38.5 Å². The molecule has 0 saturated heterocycles. The molecule has 22 heavy (non-hydrogen) atoms. The highest BCUT2D eigenvalue weighted by molar-refractivity contribution is 8.04. The van der Waals surface area contributed by atoms with Crippen molar-refractivity contribution in [1.82, 2.24) is 4.90 Å². The van der Waals surface area contributed by atoms with Gasteiger partial charge in [0.15, 0.2) is 0 Å². The second-order valence-corrected chi connectivity index (χ2v) is 6.23. The number of hydrogen-bond donors (Lipinski definition) is 0. The molecule has 1 aliphatic heterocycles. The molecule has 2 rings (SSSR count). The largest absolute Gasteiger partial charge is 0.496 e. The molecule has 0 N–H and O–H groups in total. The molecule has 1 aromatic rings. The van der Waals surface area contributed by atoms with E-state index in [1.165, 1.54) is 16.7 Å². The lowest BCUT2D eigenvalue weighted by molar-refractivity contribution is -0.136. The van der Waals surface area contributed by atoms with Gasteiger partial charge in [0.2, 0.25) is 0 Å². The van der Waals surface area contributed by atoms with Crippen LogP contribution in [-0.4, -0.2) is 36.1 Å². The Morgan fingerprint density at radius 2 is 1.86 bits per heavy atom. The molecule has 4 nitrogen and oxygen atoms in total. The van der Waals surface area contributed by atoms with Gasteiger partial charge in [-0.05, 0) is 18.2 Å². The number of carbonyl (C=O) groups is 2. The number of carbonyl (C=O) groups excluding carboxylic acids is 2. The van der Waals surface area contributed by atoms with Crippen molar-refractivity contribution in [2.45, 2.75) is 26.7 Å². The summed E-state index contributed by atoms with van der Waals surface area (Å²) < 4.78 is 5.36. The molecule has 1 aliphatic rings. The fourth-order valence-corrected chi connectivity index (χ4v) is 3.30. The normalized spacial score (nSPS) is 15.0. The molecule has 0 atom stereocenters. The Morgan fingerprint density at radius 3 is 2.50 bits per heavy atom. The number of unbranched alkanes of at least 4 members (excludes halogenated alkanes) is 1. The van der Waals surface area contributed by atoms with E-state index < -0.39 is 0 Å². The lowest BCUT2D eigenvalue weighted by Crippen LogP contribution is -2.32. The summed E-state index contributed by atoms with van der Waals surface area (Å²) in [4.78, 5) is 27.2. The second kappa shape index (κ2) is 7.49. The molecule has 0 aliphatic carbocycles. The first-order valence-electron chi connectivity index (χ1n) is 7.52. The number of rotatable bonds is 7. The third kappa shape index (κ3) is 3.04. The summed E-state index contributed by atoms with van der Waals surface area (Å²) in [6.07, 6.45) is 1.76. The highest BCUT2D eigenvalue weighted by Gasteiger charge is 2.39. The number of methoxy groups -OCH3 is 1. The van der Waals surface area contributed by atoms with Crippen LogP contribution >= 0.6 is 11.8 Å². The van der Waals surface area contributed by atoms with Gasteiger partial charge in [-0.15, -0.1) is 11.8 Å². The molecule has 2 amide bonds. The highest BCUT2D eigenvalue weighted by atomic mass is 32.2. The zero-order valence-corrected chi connectivity index (χ0v) is 14.0. The van der Waals surface area contributed by atoms with Gasteiger partial charge < -0.3 is 4.74 Å². The SMILES string of the molecule is CCCCN1C(=O)C(SCC)=C(c2ccccc2OC)C1=O. The third-order valence-corrected chi connectivity index (χ3v) is 4.48. The van der Waals surface area contributed by atoms with E-state index in [4.69, 9.17) is 4.74 Å². The van der Waals surface area contributed by atoms with E-state index in [2.05, 4.69) is 0 Å². The summed E-state index contributed by atoms with van der Waals surface area (Å²) in [5.74, 6) is 0.976. The van der Waals surface area contributed by atoms with Gasteiger partial charge in [0.25, 0.3) is 11.8 Å². The van der Waals surface area contributed by atoms with Crippen molar-refractivity contribution in [1.29, 1.82) is 0 Å². The number of benzene rings is 1. The predicted octanol–water partition coefficient (Wildman–Crippen LogP) is 3.33. The summed E-state index contributed by atoms with van der Waals surface area (Å²) >= 11 is 1.42. The van der Waals surface area contributed by atoms with Crippen LogP contribution in [0.15, 0.2) is 29.2 Å². The highest BCUT2D eigenvalue weighted by Crippen LogP contribution is 2.39. The van der Waals surface area contributed by atoms with Gasteiger partial charge >= 0.3 is 0 Å². The lowest BCUT2D eigenvalue weighted by Gasteiger charge is -2.14. The van der Waals surface area contributed by atoms with Crippen LogP contribution in [0, 0.1) is 0 Å². The van der Waals surface area contributed by atoms with Gasteiger partial charge in [-0.3, -0.25) is 14.5 Å². The molecule has 0 saturated carbocycles. The van der Waals surface area contributed by atoms with Crippen LogP contribution in [0.4, 0.5) is 0 Å². The molecule has 0 bridgehead atoms. The quantitative estimate of drug-likeness (QED) is 0.723. The first kappa shape index (κ1) is 16.6. The first-order valence-corrected chi connectivity index (χ1v) is 8.50. The minimum atomic E-state index is -0.209. The minimum absolute atomic E-state index is 0.175. The number of thioether (sulfide) groups is 1. The maximum absolute atomic E-state index is 12.8. The molecule has 118 valence electrons. The van der Waals surface area contributed by atoms with Crippen LogP contribution in [0.25, 0.3) is 5.57 Å². The topological polar surface area (TPSA) is 46.6 Å².